The van der Waals surface area contributed by atoms with Gasteiger partial charge in [-0.25, -0.2) is 9.97 Å². The Morgan fingerprint density at radius 1 is 0.600 bits per heavy atom. The monoisotopic (exact) mass is 874 g/mol. The number of rotatable bonds is 20. The fraction of sp³-hybridized carbons (Fsp3) is 0.288. The Labute approximate surface area is 377 Å². The molecule has 4 N–H and O–H groups in total. The Hall–Kier alpha value is -7.41. The average Bonchev–Trinajstić information content (AvgIpc) is 3.96. The first-order valence-electron chi connectivity index (χ1n) is 21.7. The van der Waals surface area contributed by atoms with Crippen LogP contribution in [-0.4, -0.2) is 73.8 Å². The molecule has 65 heavy (non-hydrogen) atoms. The first-order chi connectivity index (χ1) is 31.1. The highest BCUT2D eigenvalue weighted by Crippen LogP contribution is 2.36. The van der Waals surface area contributed by atoms with Crippen LogP contribution in [0.4, 0.5) is 0 Å². The fourth-order valence-corrected chi connectivity index (χ4v) is 7.96. The van der Waals surface area contributed by atoms with Crippen molar-refractivity contribution in [3.8, 4) is 0 Å². The predicted octanol–water partition coefficient (Wildman–Crippen LogP) is 8.31. The minimum atomic E-state index is -0.667. The summed E-state index contributed by atoms with van der Waals surface area (Å²) in [6, 6.07) is 16.0. The van der Waals surface area contributed by atoms with Crippen LogP contribution >= 0.6 is 0 Å². The van der Waals surface area contributed by atoms with Crippen molar-refractivity contribution < 1.29 is 33.6 Å². The summed E-state index contributed by atoms with van der Waals surface area (Å²) in [5.74, 6) is -2.68. The van der Waals surface area contributed by atoms with Gasteiger partial charge >= 0.3 is 0 Å². The number of ketones is 5. The van der Waals surface area contributed by atoms with E-state index in [0.717, 1.165) is 66.8 Å². The zero-order valence-electron chi connectivity index (χ0n) is 37.6. The third kappa shape index (κ3) is 11.2. The lowest BCUT2D eigenvalue weighted by atomic mass is 10.00. The number of aromatic nitrogens is 4. The second-order valence-electron chi connectivity index (χ2n) is 16.4. The number of nitrogens with one attached hydrogen (secondary N) is 4. The van der Waals surface area contributed by atoms with Gasteiger partial charge in [-0.2, -0.15) is 0 Å². The molecule has 13 heteroatoms. The quantitative estimate of drug-likeness (QED) is 0.0498. The number of H-pyrrole nitrogens is 2. The fourth-order valence-electron chi connectivity index (χ4n) is 7.96. The number of fused-ring (bicyclic) bond motifs is 8. The summed E-state index contributed by atoms with van der Waals surface area (Å²) in [4.78, 5) is 105. The number of amides is 2. The molecule has 2 aliphatic rings. The van der Waals surface area contributed by atoms with Crippen LogP contribution in [0.25, 0.3) is 50.4 Å². The van der Waals surface area contributed by atoms with Crippen molar-refractivity contribution in [3.63, 3.8) is 0 Å². The normalized spacial score (nSPS) is 12.2. The highest BCUT2D eigenvalue weighted by Gasteiger charge is 2.22. The highest BCUT2D eigenvalue weighted by molar-refractivity contribution is 6.43. The molecular formula is C52H54N6O7. The van der Waals surface area contributed by atoms with E-state index in [-0.39, 0.29) is 92.8 Å². The molecule has 2 amide bonds. The van der Waals surface area contributed by atoms with Gasteiger partial charge in [0.15, 0.2) is 11.6 Å². The Morgan fingerprint density at radius 3 is 1.80 bits per heavy atom. The Kier molecular flexibility index (Phi) is 15.1. The molecule has 0 fully saturated rings. The summed E-state index contributed by atoms with van der Waals surface area (Å²) in [6.45, 7) is 17.1. The van der Waals surface area contributed by atoms with E-state index in [1.54, 1.807) is 36.4 Å². The van der Waals surface area contributed by atoms with Crippen molar-refractivity contribution in [2.24, 2.45) is 0 Å². The molecule has 4 aromatic rings. The van der Waals surface area contributed by atoms with Crippen molar-refractivity contribution in [2.75, 3.05) is 13.1 Å². The minimum Gasteiger partial charge on any atom is -0.355 e. The topological polar surface area (TPSA) is 201 Å². The van der Waals surface area contributed by atoms with Gasteiger partial charge in [0.2, 0.25) is 23.4 Å². The number of aryl methyl sites for hydroxylation is 3. The maximum atomic E-state index is 13.3. The van der Waals surface area contributed by atoms with Gasteiger partial charge in [-0.15, -0.1) is 0 Å². The number of nitrogens with zero attached hydrogens (tertiary/aromatic N) is 2. The third-order valence-corrected chi connectivity index (χ3v) is 11.9. The van der Waals surface area contributed by atoms with Gasteiger partial charge in [0.05, 0.1) is 35.9 Å². The summed E-state index contributed by atoms with van der Waals surface area (Å²) < 4.78 is 0. The molecule has 13 nitrogen and oxygen atoms in total. The number of allylic oxidation sites excluding steroid dienone is 5. The van der Waals surface area contributed by atoms with Crippen LogP contribution in [-0.2, 0) is 35.2 Å². The maximum Gasteiger partial charge on any atom is 0.228 e. The minimum absolute atomic E-state index is 0.0347. The number of aromatic amines is 2. The number of Topliss-reactive ketones (excluding diaryl/α,β-unsaturated/α-hetero) is 5. The largest absolute Gasteiger partial charge is 0.355 e. The summed E-state index contributed by atoms with van der Waals surface area (Å²) in [5.41, 5.74) is 13.2. The Balaban J connectivity index is 1.34. The highest BCUT2D eigenvalue weighted by atomic mass is 16.2. The van der Waals surface area contributed by atoms with Gasteiger partial charge in [0.25, 0.3) is 0 Å². The number of hydrogen-bond acceptors (Lipinski definition) is 9. The molecule has 8 bridgehead atoms. The molecule has 0 unspecified atom stereocenters. The van der Waals surface area contributed by atoms with Crippen molar-refractivity contribution in [1.29, 1.82) is 0 Å². The molecule has 6 rings (SSSR count). The zero-order valence-corrected chi connectivity index (χ0v) is 37.6. The van der Waals surface area contributed by atoms with Crippen LogP contribution in [0.15, 0.2) is 73.8 Å². The van der Waals surface area contributed by atoms with E-state index >= 15 is 0 Å². The molecule has 0 spiro atoms. The van der Waals surface area contributed by atoms with E-state index in [4.69, 9.17) is 9.97 Å². The van der Waals surface area contributed by atoms with Gasteiger partial charge in [-0.1, -0.05) is 55.6 Å². The van der Waals surface area contributed by atoms with Gasteiger partial charge in [-0.05, 0) is 105 Å². The number of benzene rings is 1. The van der Waals surface area contributed by atoms with E-state index in [9.17, 15) is 33.6 Å². The van der Waals surface area contributed by atoms with Crippen LogP contribution in [0, 0.1) is 13.8 Å². The molecule has 0 radical (unpaired) electrons. The summed E-state index contributed by atoms with van der Waals surface area (Å²) in [7, 11) is 0. The van der Waals surface area contributed by atoms with Gasteiger partial charge in [0, 0.05) is 77.3 Å². The molecule has 5 heterocycles. The van der Waals surface area contributed by atoms with E-state index in [1.165, 1.54) is 6.92 Å². The standard InChI is InChI=1S/C52H54N6O7/c1-8-37-30(4)41-23-42-32(6)39(18-21-50(63)53-27-35(60)16-15-29(3)59)47(57-42)26-48-40(33(7)44(58-48)25-46-38(9-2)31(5)43(56-46)24-45(37)55-41)19-22-51(64)54-28-36(61)17-20-49(62)52(65)34-13-11-10-12-14-34/h8-14,23-26,55,58H,1-2,15-22,27-28H2,3-7H3,(H,53,63)(H,54,64). The van der Waals surface area contributed by atoms with Crippen molar-refractivity contribution in [3.05, 3.63) is 124 Å². The number of hydrogen-bond donors (Lipinski definition) is 4. The second kappa shape index (κ2) is 20.8. The molecule has 334 valence electrons. The van der Waals surface area contributed by atoms with Crippen LogP contribution in [0.5, 0.6) is 0 Å². The lowest BCUT2D eigenvalue weighted by molar-refractivity contribution is -0.126. The number of carbonyl (C=O) groups is 7. The zero-order chi connectivity index (χ0) is 46.9. The summed E-state index contributed by atoms with van der Waals surface area (Å²) in [5, 5.41) is 5.37. The maximum absolute atomic E-state index is 13.3. The van der Waals surface area contributed by atoms with Crippen molar-refractivity contribution in [2.45, 2.75) is 86.0 Å². The van der Waals surface area contributed by atoms with Crippen molar-refractivity contribution in [1.82, 2.24) is 30.6 Å². The van der Waals surface area contributed by atoms with E-state index < -0.39 is 11.6 Å². The lowest BCUT2D eigenvalue weighted by Gasteiger charge is -2.07. The van der Waals surface area contributed by atoms with Crippen LogP contribution in [0.2, 0.25) is 0 Å². The van der Waals surface area contributed by atoms with Crippen LogP contribution in [0.3, 0.4) is 0 Å². The first kappa shape index (κ1) is 47.1. The SMILES string of the molecule is C=CC1=C(C)c2cc3[nH]c(cc4nc(cc5[nH]c(cc1n2)c(C)c5CCC(=O)NCC(=O)CCC(=O)C(=O)c1ccccc1)C(CCC(=O)NCC(=O)CCC(C)=O)=C4C)c(C)c3C=C. The van der Waals surface area contributed by atoms with Gasteiger partial charge in [0.1, 0.15) is 5.78 Å². The molecule has 0 saturated heterocycles. The van der Waals surface area contributed by atoms with Crippen molar-refractivity contribution >= 4 is 91.2 Å². The third-order valence-electron chi connectivity index (χ3n) is 11.9. The second-order valence-corrected chi connectivity index (χ2v) is 16.4. The van der Waals surface area contributed by atoms with Gasteiger partial charge < -0.3 is 25.4 Å². The Morgan fingerprint density at radius 2 is 1.15 bits per heavy atom. The smallest absolute Gasteiger partial charge is 0.228 e. The average molecular weight is 875 g/mol. The summed E-state index contributed by atoms with van der Waals surface area (Å²) >= 11 is 0. The van der Waals surface area contributed by atoms with Gasteiger partial charge in [-0.3, -0.25) is 28.8 Å². The van der Waals surface area contributed by atoms with Crippen LogP contribution < -0.4 is 10.6 Å². The molecule has 1 aromatic carbocycles. The lowest BCUT2D eigenvalue weighted by Crippen LogP contribution is -2.30. The number of carbonyl (C=O) groups excluding carboxylic acids is 7. The predicted molar refractivity (Wildman–Crippen MR) is 254 cm³/mol. The van der Waals surface area contributed by atoms with E-state index in [0.29, 0.717) is 29.0 Å². The molecule has 0 atom stereocenters. The first-order valence-corrected chi connectivity index (χ1v) is 21.7. The Bertz CT molecular complexity index is 2890. The molecule has 0 aliphatic carbocycles. The molecular weight excluding hydrogens is 821 g/mol. The molecule has 3 aromatic heterocycles. The van der Waals surface area contributed by atoms with E-state index in [2.05, 4.69) is 33.8 Å². The molecule has 2 aliphatic heterocycles. The molecule has 0 saturated carbocycles. The van der Waals surface area contributed by atoms with E-state index in [1.807, 2.05) is 58.0 Å². The summed E-state index contributed by atoms with van der Waals surface area (Å²) in [6.07, 6.45) is 4.08. The van der Waals surface area contributed by atoms with Crippen LogP contribution in [0.1, 0.15) is 121 Å².